The summed E-state index contributed by atoms with van der Waals surface area (Å²) in [7, 11) is 0. The van der Waals surface area contributed by atoms with Crippen molar-refractivity contribution >= 4 is 12.6 Å². The van der Waals surface area contributed by atoms with Gasteiger partial charge in [-0.3, -0.25) is 0 Å². The second-order valence-corrected chi connectivity index (χ2v) is 5.07. The molecule has 3 aromatic carbocycles. The molecule has 1 nitrogen and oxygen atoms in total. The second-order valence-electron chi connectivity index (χ2n) is 4.58. The standard InChI is InChI=1S/C18H14OS/c19-18-14(13-7-2-1-3-8-13)10-6-11-16(18)15-9-4-5-12-17(15)20/h1-12,19-20H. The maximum atomic E-state index is 10.6. The van der Waals surface area contributed by atoms with Crippen molar-refractivity contribution in [3.63, 3.8) is 0 Å². The summed E-state index contributed by atoms with van der Waals surface area (Å²) in [4.78, 5) is 0.855. The van der Waals surface area contributed by atoms with Crippen molar-refractivity contribution in [2.24, 2.45) is 0 Å². The molecule has 0 aliphatic heterocycles. The van der Waals surface area contributed by atoms with Crippen molar-refractivity contribution in [1.82, 2.24) is 0 Å². The van der Waals surface area contributed by atoms with E-state index >= 15 is 0 Å². The summed E-state index contributed by atoms with van der Waals surface area (Å²) in [5.41, 5.74) is 3.58. The SMILES string of the molecule is Oc1c(-c2ccccc2)cccc1-c1ccccc1S. The fourth-order valence-electron chi connectivity index (χ4n) is 2.31. The Kier molecular flexibility index (Phi) is 3.48. The van der Waals surface area contributed by atoms with E-state index in [0.29, 0.717) is 5.75 Å². The molecule has 3 aromatic rings. The van der Waals surface area contributed by atoms with Crippen LogP contribution < -0.4 is 0 Å². The molecule has 0 radical (unpaired) electrons. The third-order valence-electron chi connectivity index (χ3n) is 3.32. The van der Waals surface area contributed by atoms with Gasteiger partial charge in [-0.05, 0) is 17.2 Å². The first kappa shape index (κ1) is 12.8. The molecule has 98 valence electrons. The van der Waals surface area contributed by atoms with Crippen LogP contribution in [0.3, 0.4) is 0 Å². The highest BCUT2D eigenvalue weighted by Crippen LogP contribution is 2.39. The Morgan fingerprint density at radius 3 is 1.95 bits per heavy atom. The molecule has 20 heavy (non-hydrogen) atoms. The lowest BCUT2D eigenvalue weighted by Gasteiger charge is -2.11. The highest BCUT2D eigenvalue weighted by Gasteiger charge is 2.11. The largest absolute Gasteiger partial charge is 0.507 e. The first-order valence-corrected chi connectivity index (χ1v) is 6.88. The van der Waals surface area contributed by atoms with Crippen molar-refractivity contribution in [3.8, 4) is 28.0 Å². The lowest BCUT2D eigenvalue weighted by molar-refractivity contribution is 0.479. The number of phenolic OH excluding ortho intramolecular Hbond substituents is 1. The van der Waals surface area contributed by atoms with Gasteiger partial charge in [0, 0.05) is 16.0 Å². The van der Waals surface area contributed by atoms with Crippen LogP contribution in [0.15, 0.2) is 77.7 Å². The maximum absolute atomic E-state index is 10.6. The number of benzene rings is 3. The van der Waals surface area contributed by atoms with Crippen molar-refractivity contribution in [1.29, 1.82) is 0 Å². The summed E-state index contributed by atoms with van der Waals surface area (Å²) in [6.07, 6.45) is 0. The van der Waals surface area contributed by atoms with Crippen molar-refractivity contribution in [2.45, 2.75) is 4.90 Å². The molecule has 0 spiro atoms. The lowest BCUT2D eigenvalue weighted by Crippen LogP contribution is -1.85. The molecule has 0 saturated carbocycles. The van der Waals surface area contributed by atoms with Crippen LogP contribution in [0.4, 0.5) is 0 Å². The zero-order valence-corrected chi connectivity index (χ0v) is 11.7. The third kappa shape index (κ3) is 2.30. The van der Waals surface area contributed by atoms with Crippen LogP contribution in [0.25, 0.3) is 22.3 Å². The number of phenols is 1. The molecule has 0 unspecified atom stereocenters. The van der Waals surface area contributed by atoms with E-state index in [1.165, 1.54) is 0 Å². The number of aromatic hydroxyl groups is 1. The summed E-state index contributed by atoms with van der Waals surface area (Å²) in [5.74, 6) is 0.292. The minimum atomic E-state index is 0.292. The number of para-hydroxylation sites is 1. The van der Waals surface area contributed by atoms with E-state index in [4.69, 9.17) is 0 Å². The molecular weight excluding hydrogens is 264 g/mol. The van der Waals surface area contributed by atoms with Crippen LogP contribution in [0.2, 0.25) is 0 Å². The minimum Gasteiger partial charge on any atom is -0.507 e. The van der Waals surface area contributed by atoms with Crippen LogP contribution >= 0.6 is 12.6 Å². The molecule has 0 atom stereocenters. The molecule has 0 aliphatic rings. The zero-order chi connectivity index (χ0) is 13.9. The Morgan fingerprint density at radius 1 is 0.600 bits per heavy atom. The minimum absolute atomic E-state index is 0.292. The Hall–Kier alpha value is -2.19. The van der Waals surface area contributed by atoms with Gasteiger partial charge >= 0.3 is 0 Å². The second kappa shape index (κ2) is 5.43. The molecule has 0 heterocycles. The van der Waals surface area contributed by atoms with Gasteiger partial charge in [0.15, 0.2) is 0 Å². The molecule has 0 bridgehead atoms. The van der Waals surface area contributed by atoms with E-state index in [9.17, 15) is 5.11 Å². The maximum Gasteiger partial charge on any atom is 0.131 e. The van der Waals surface area contributed by atoms with E-state index in [1.54, 1.807) is 0 Å². The van der Waals surface area contributed by atoms with Gasteiger partial charge in [0.05, 0.1) is 0 Å². The van der Waals surface area contributed by atoms with Crippen LogP contribution in [0, 0.1) is 0 Å². The molecule has 0 saturated heterocycles. The number of thiol groups is 1. The van der Waals surface area contributed by atoms with E-state index in [2.05, 4.69) is 12.6 Å². The van der Waals surface area contributed by atoms with Gasteiger partial charge < -0.3 is 5.11 Å². The quantitative estimate of drug-likeness (QED) is 0.631. The Balaban J connectivity index is 2.19. The van der Waals surface area contributed by atoms with Gasteiger partial charge in [-0.2, -0.15) is 0 Å². The Bertz CT molecular complexity index is 735. The Morgan fingerprint density at radius 2 is 1.20 bits per heavy atom. The topological polar surface area (TPSA) is 20.2 Å². The normalized spacial score (nSPS) is 10.4. The average molecular weight is 278 g/mol. The molecular formula is C18H14OS. The number of rotatable bonds is 2. The van der Waals surface area contributed by atoms with Crippen molar-refractivity contribution in [2.75, 3.05) is 0 Å². The summed E-state index contributed by atoms with van der Waals surface area (Å²) < 4.78 is 0. The molecule has 0 amide bonds. The first-order chi connectivity index (χ1) is 9.77. The van der Waals surface area contributed by atoms with Gasteiger partial charge in [-0.15, -0.1) is 12.6 Å². The van der Waals surface area contributed by atoms with Gasteiger partial charge in [0.1, 0.15) is 5.75 Å². The van der Waals surface area contributed by atoms with E-state index < -0.39 is 0 Å². The van der Waals surface area contributed by atoms with Gasteiger partial charge in [0.25, 0.3) is 0 Å². The van der Waals surface area contributed by atoms with Gasteiger partial charge in [-0.25, -0.2) is 0 Å². The van der Waals surface area contributed by atoms with Crippen molar-refractivity contribution in [3.05, 3.63) is 72.8 Å². The monoisotopic (exact) mass is 278 g/mol. The summed E-state index contributed by atoms with van der Waals surface area (Å²) in [6, 6.07) is 23.4. The van der Waals surface area contributed by atoms with Crippen LogP contribution in [-0.2, 0) is 0 Å². The van der Waals surface area contributed by atoms with E-state index in [0.717, 1.165) is 27.1 Å². The molecule has 3 rings (SSSR count). The summed E-state index contributed by atoms with van der Waals surface area (Å²) >= 11 is 4.47. The van der Waals surface area contributed by atoms with Crippen LogP contribution in [0.5, 0.6) is 5.75 Å². The molecule has 0 aliphatic carbocycles. The van der Waals surface area contributed by atoms with Crippen molar-refractivity contribution < 1.29 is 5.11 Å². The Labute approximate surface area is 123 Å². The number of hydrogen-bond acceptors (Lipinski definition) is 2. The first-order valence-electron chi connectivity index (χ1n) is 6.43. The zero-order valence-electron chi connectivity index (χ0n) is 10.8. The highest BCUT2D eigenvalue weighted by molar-refractivity contribution is 7.80. The lowest BCUT2D eigenvalue weighted by atomic mass is 9.97. The molecule has 0 aromatic heterocycles. The smallest absolute Gasteiger partial charge is 0.131 e. The fourth-order valence-corrected chi connectivity index (χ4v) is 2.59. The van der Waals surface area contributed by atoms with Gasteiger partial charge in [-0.1, -0.05) is 66.7 Å². The van der Waals surface area contributed by atoms with E-state index in [1.807, 2.05) is 72.8 Å². The van der Waals surface area contributed by atoms with Crippen LogP contribution in [-0.4, -0.2) is 5.11 Å². The average Bonchev–Trinajstić information content (AvgIpc) is 2.49. The molecule has 2 heteroatoms. The van der Waals surface area contributed by atoms with Gasteiger partial charge in [0.2, 0.25) is 0 Å². The predicted molar refractivity (Wildman–Crippen MR) is 86.2 cm³/mol. The summed E-state index contributed by atoms with van der Waals surface area (Å²) in [5, 5.41) is 10.6. The van der Waals surface area contributed by atoms with E-state index in [-0.39, 0.29) is 0 Å². The molecule has 1 N–H and O–H groups in total. The van der Waals surface area contributed by atoms with Crippen LogP contribution in [0.1, 0.15) is 0 Å². The number of hydrogen-bond donors (Lipinski definition) is 2. The third-order valence-corrected chi connectivity index (χ3v) is 3.71. The predicted octanol–water partition coefficient (Wildman–Crippen LogP) is 5.01. The summed E-state index contributed by atoms with van der Waals surface area (Å²) in [6.45, 7) is 0. The highest BCUT2D eigenvalue weighted by atomic mass is 32.1. The molecule has 0 fully saturated rings. The fraction of sp³-hybridized carbons (Fsp3) is 0.